The van der Waals surface area contributed by atoms with E-state index in [-0.39, 0.29) is 28.7 Å². The van der Waals surface area contributed by atoms with E-state index in [9.17, 15) is 13.2 Å². The smallest absolute Gasteiger partial charge is 0.236 e. The number of aryl methyl sites for hydroxylation is 1. The maximum atomic E-state index is 12.6. The summed E-state index contributed by atoms with van der Waals surface area (Å²) in [6.45, 7) is 6.07. The first-order chi connectivity index (χ1) is 10.2. The summed E-state index contributed by atoms with van der Waals surface area (Å²) in [4.78, 5) is 14.3. The maximum absolute atomic E-state index is 12.6. The molecule has 1 fully saturated rings. The first-order valence-electron chi connectivity index (χ1n) is 7.28. The molecule has 2 rings (SSSR count). The van der Waals surface area contributed by atoms with E-state index < -0.39 is 9.84 Å². The van der Waals surface area contributed by atoms with Crippen LogP contribution in [-0.4, -0.2) is 63.3 Å². The van der Waals surface area contributed by atoms with E-state index in [1.165, 1.54) is 11.8 Å². The number of carbonyl (C=O) groups is 1. The quantitative estimate of drug-likeness (QED) is 0.728. The molecule has 0 aliphatic carbocycles. The van der Waals surface area contributed by atoms with Crippen LogP contribution in [0.25, 0.3) is 0 Å². The zero-order valence-corrected chi connectivity index (χ0v) is 14.9. The zero-order valence-electron chi connectivity index (χ0n) is 13.3. The second-order valence-corrected chi connectivity index (χ2v) is 9.07. The van der Waals surface area contributed by atoms with Gasteiger partial charge in [0, 0.05) is 19.6 Å². The highest BCUT2D eigenvalue weighted by Gasteiger charge is 2.35. The van der Waals surface area contributed by atoms with E-state index in [1.54, 1.807) is 4.90 Å². The highest BCUT2D eigenvalue weighted by Crippen LogP contribution is 2.25. The minimum atomic E-state index is -3.00. The largest absolute Gasteiger partial charge is 0.338 e. The van der Waals surface area contributed by atoms with Gasteiger partial charge >= 0.3 is 0 Å². The van der Waals surface area contributed by atoms with Crippen molar-refractivity contribution in [3.63, 3.8) is 0 Å². The van der Waals surface area contributed by atoms with Crippen LogP contribution >= 0.6 is 11.8 Å². The van der Waals surface area contributed by atoms with E-state index in [1.807, 2.05) is 32.4 Å². The molecule has 7 nitrogen and oxygen atoms in total. The van der Waals surface area contributed by atoms with E-state index in [0.29, 0.717) is 18.1 Å². The first kappa shape index (κ1) is 17.3. The number of hydrogen-bond donors (Lipinski definition) is 0. The van der Waals surface area contributed by atoms with Crippen molar-refractivity contribution in [1.82, 2.24) is 19.7 Å². The Morgan fingerprint density at radius 2 is 2.18 bits per heavy atom. The lowest BCUT2D eigenvalue weighted by molar-refractivity contribution is -0.131. The van der Waals surface area contributed by atoms with Crippen molar-refractivity contribution in [3.8, 4) is 0 Å². The van der Waals surface area contributed by atoms with Crippen molar-refractivity contribution < 1.29 is 13.2 Å². The minimum Gasteiger partial charge on any atom is -0.338 e. The molecule has 0 spiro atoms. The molecular formula is C13H22N4O3S2. The predicted octanol–water partition coefficient (Wildman–Crippen LogP) is 0.640. The number of sulfone groups is 1. The molecule has 0 radical (unpaired) electrons. The molecule has 0 aromatic carbocycles. The molecule has 1 aromatic rings. The summed E-state index contributed by atoms with van der Waals surface area (Å²) < 4.78 is 25.1. The molecule has 0 bridgehead atoms. The molecule has 1 aromatic heterocycles. The summed E-state index contributed by atoms with van der Waals surface area (Å²) in [5.74, 6) is 0.991. The third kappa shape index (κ3) is 3.62. The zero-order chi connectivity index (χ0) is 16.5. The van der Waals surface area contributed by atoms with Crippen LogP contribution in [0.4, 0.5) is 0 Å². The third-order valence-electron chi connectivity index (χ3n) is 3.96. The number of thioether (sulfide) groups is 1. The van der Waals surface area contributed by atoms with Gasteiger partial charge in [0.2, 0.25) is 5.91 Å². The average Bonchev–Trinajstić information content (AvgIpc) is 2.96. The number of carbonyl (C=O) groups excluding carboxylic acids is 1. The van der Waals surface area contributed by atoms with Crippen LogP contribution in [0.15, 0.2) is 5.16 Å². The number of nitrogens with zero attached hydrogens (tertiary/aromatic N) is 4. The summed E-state index contributed by atoms with van der Waals surface area (Å²) >= 11 is 1.35. The van der Waals surface area contributed by atoms with Crippen molar-refractivity contribution >= 4 is 27.5 Å². The molecule has 0 unspecified atom stereocenters. The summed E-state index contributed by atoms with van der Waals surface area (Å²) in [6.07, 6.45) is 0.530. The topological polar surface area (TPSA) is 85.2 Å². The lowest BCUT2D eigenvalue weighted by Gasteiger charge is -2.29. The lowest BCUT2D eigenvalue weighted by atomic mass is 10.2. The van der Waals surface area contributed by atoms with Gasteiger partial charge in [-0.15, -0.1) is 10.2 Å². The van der Waals surface area contributed by atoms with Crippen LogP contribution in [0, 0.1) is 6.92 Å². The van der Waals surface area contributed by atoms with E-state index in [2.05, 4.69) is 10.2 Å². The Morgan fingerprint density at radius 1 is 1.50 bits per heavy atom. The summed E-state index contributed by atoms with van der Waals surface area (Å²) in [5.41, 5.74) is 0. The second-order valence-electron chi connectivity index (χ2n) is 5.53. The van der Waals surface area contributed by atoms with Crippen molar-refractivity contribution in [1.29, 1.82) is 0 Å². The molecule has 1 amide bonds. The van der Waals surface area contributed by atoms with Gasteiger partial charge in [0.15, 0.2) is 15.0 Å². The van der Waals surface area contributed by atoms with Gasteiger partial charge in [-0.1, -0.05) is 11.8 Å². The molecule has 2 atom stereocenters. The van der Waals surface area contributed by atoms with Gasteiger partial charge in [0.1, 0.15) is 5.82 Å². The van der Waals surface area contributed by atoms with Gasteiger partial charge < -0.3 is 9.47 Å². The average molecular weight is 346 g/mol. The molecular weight excluding hydrogens is 324 g/mol. The Labute approximate surface area is 135 Å². The fourth-order valence-electron chi connectivity index (χ4n) is 2.55. The van der Waals surface area contributed by atoms with Crippen molar-refractivity contribution in [2.45, 2.75) is 43.6 Å². The van der Waals surface area contributed by atoms with Gasteiger partial charge in [-0.05, 0) is 27.2 Å². The van der Waals surface area contributed by atoms with E-state index >= 15 is 0 Å². The van der Waals surface area contributed by atoms with Crippen LogP contribution in [0.5, 0.6) is 0 Å². The fraction of sp³-hybridized carbons (Fsp3) is 0.769. The van der Waals surface area contributed by atoms with Crippen LogP contribution < -0.4 is 0 Å². The summed E-state index contributed by atoms with van der Waals surface area (Å²) in [7, 11) is -1.14. The molecule has 124 valence electrons. The van der Waals surface area contributed by atoms with Crippen LogP contribution in [0.1, 0.15) is 26.1 Å². The van der Waals surface area contributed by atoms with Gasteiger partial charge in [0.05, 0.1) is 16.8 Å². The Kier molecular flexibility index (Phi) is 5.16. The minimum absolute atomic E-state index is 0.0461. The number of aromatic nitrogens is 3. The molecule has 1 aliphatic rings. The highest BCUT2D eigenvalue weighted by atomic mass is 32.2. The summed E-state index contributed by atoms with van der Waals surface area (Å²) in [5, 5.41) is 8.39. The second kappa shape index (κ2) is 6.57. The number of amides is 1. The molecule has 1 saturated heterocycles. The van der Waals surface area contributed by atoms with Crippen LogP contribution in [0.2, 0.25) is 0 Å². The first-order valence-corrected chi connectivity index (χ1v) is 9.98. The SMILES string of the molecule is CCN(C(=O)[C@H](C)Sc1nnc(C)n1C)[C@H]1CCS(=O)(=O)C1. The molecule has 9 heteroatoms. The van der Waals surface area contributed by atoms with Crippen molar-refractivity contribution in [2.24, 2.45) is 7.05 Å². The van der Waals surface area contributed by atoms with Crippen LogP contribution in [-0.2, 0) is 21.7 Å². The monoisotopic (exact) mass is 346 g/mol. The third-order valence-corrected chi connectivity index (χ3v) is 6.83. The fourth-order valence-corrected chi connectivity index (χ4v) is 5.21. The standard InChI is InChI=1S/C13H22N4O3S2/c1-5-17(11-6-7-22(19,20)8-11)12(18)9(2)21-13-15-14-10(3)16(13)4/h9,11H,5-8H2,1-4H3/t9-,11-/m0/s1. The lowest BCUT2D eigenvalue weighted by Crippen LogP contribution is -2.44. The van der Waals surface area contributed by atoms with Crippen molar-refractivity contribution in [2.75, 3.05) is 18.1 Å². The van der Waals surface area contributed by atoms with E-state index in [4.69, 9.17) is 0 Å². The molecule has 2 heterocycles. The van der Waals surface area contributed by atoms with Gasteiger partial charge in [-0.25, -0.2) is 8.42 Å². The normalized spacial score (nSPS) is 21.7. The highest BCUT2D eigenvalue weighted by molar-refractivity contribution is 8.00. The molecule has 1 aliphatic heterocycles. The predicted molar refractivity (Wildman–Crippen MR) is 85.5 cm³/mol. The maximum Gasteiger partial charge on any atom is 0.236 e. The van der Waals surface area contributed by atoms with Gasteiger partial charge in [-0.2, -0.15) is 0 Å². The summed E-state index contributed by atoms with van der Waals surface area (Å²) in [6, 6.07) is -0.202. The number of hydrogen-bond acceptors (Lipinski definition) is 6. The van der Waals surface area contributed by atoms with Crippen molar-refractivity contribution in [3.05, 3.63) is 5.82 Å². The Bertz CT molecular complexity index is 656. The van der Waals surface area contributed by atoms with Crippen LogP contribution in [0.3, 0.4) is 0 Å². The Morgan fingerprint density at radius 3 is 2.64 bits per heavy atom. The molecule has 0 N–H and O–H groups in total. The Balaban J connectivity index is 2.06. The number of rotatable bonds is 5. The van der Waals surface area contributed by atoms with Gasteiger partial charge in [0.25, 0.3) is 0 Å². The van der Waals surface area contributed by atoms with E-state index in [0.717, 1.165) is 5.82 Å². The molecule has 0 saturated carbocycles. The molecule has 22 heavy (non-hydrogen) atoms. The Hall–Kier alpha value is -1.09. The van der Waals surface area contributed by atoms with Gasteiger partial charge in [-0.3, -0.25) is 4.79 Å².